The number of carbonyl (C=O) groups excluding carboxylic acids is 1. The van der Waals surface area contributed by atoms with Gasteiger partial charge in [-0.05, 0) is 56.2 Å². The van der Waals surface area contributed by atoms with Gasteiger partial charge >= 0.3 is 6.03 Å². The van der Waals surface area contributed by atoms with Crippen molar-refractivity contribution in [3.05, 3.63) is 59.6 Å². The van der Waals surface area contributed by atoms with E-state index in [0.29, 0.717) is 42.7 Å². The second-order valence-corrected chi connectivity index (χ2v) is 8.22. The minimum Gasteiger partial charge on any atom is -0.491 e. The number of aliphatic hydroxyl groups is 1. The number of urea groups is 1. The molecule has 1 aliphatic rings. The lowest BCUT2D eigenvalue weighted by molar-refractivity contribution is 0.201. The lowest BCUT2D eigenvalue weighted by Gasteiger charge is -2.18. The Kier molecular flexibility index (Phi) is 6.84. The Balaban J connectivity index is 1.60. The SMILES string of the molecule is Cc1ccc(OCCO)cc1Cc1ncc(-c2cc(OC(C)C)cc(N3CCNC3=O)c2)o1. The molecule has 2 N–H and O–H groups in total. The number of nitrogens with one attached hydrogen (secondary N) is 1. The van der Waals surface area contributed by atoms with Crippen molar-refractivity contribution in [3.63, 3.8) is 0 Å². The smallest absolute Gasteiger partial charge is 0.321 e. The molecule has 0 bridgehead atoms. The molecule has 4 rings (SSSR count). The number of ether oxygens (including phenoxy) is 2. The molecule has 0 aliphatic carbocycles. The van der Waals surface area contributed by atoms with E-state index in [1.54, 1.807) is 11.1 Å². The van der Waals surface area contributed by atoms with Crippen LogP contribution in [0.1, 0.15) is 30.9 Å². The summed E-state index contributed by atoms with van der Waals surface area (Å²) >= 11 is 0. The van der Waals surface area contributed by atoms with Crippen LogP contribution in [0.25, 0.3) is 11.3 Å². The van der Waals surface area contributed by atoms with E-state index in [-0.39, 0.29) is 25.3 Å². The topological polar surface area (TPSA) is 97.1 Å². The zero-order valence-corrected chi connectivity index (χ0v) is 19.1. The molecule has 0 radical (unpaired) electrons. The van der Waals surface area contributed by atoms with E-state index in [4.69, 9.17) is 19.0 Å². The lowest BCUT2D eigenvalue weighted by atomic mass is 10.1. The highest BCUT2D eigenvalue weighted by Gasteiger charge is 2.23. The maximum atomic E-state index is 12.2. The zero-order chi connectivity index (χ0) is 23.4. The van der Waals surface area contributed by atoms with Crippen molar-refractivity contribution in [1.82, 2.24) is 10.3 Å². The van der Waals surface area contributed by atoms with Crippen LogP contribution in [0.4, 0.5) is 10.5 Å². The van der Waals surface area contributed by atoms with Crippen LogP contribution in [0.3, 0.4) is 0 Å². The second kappa shape index (κ2) is 9.95. The van der Waals surface area contributed by atoms with Crippen LogP contribution in [-0.2, 0) is 6.42 Å². The second-order valence-electron chi connectivity index (χ2n) is 8.22. The molecule has 1 aromatic heterocycles. The van der Waals surface area contributed by atoms with Gasteiger partial charge < -0.3 is 24.3 Å². The third kappa shape index (κ3) is 5.46. The monoisotopic (exact) mass is 451 g/mol. The predicted octanol–water partition coefficient (Wildman–Crippen LogP) is 3.93. The van der Waals surface area contributed by atoms with Crippen LogP contribution in [-0.4, -0.2) is 48.5 Å². The van der Waals surface area contributed by atoms with Crippen molar-refractivity contribution < 1.29 is 23.8 Å². The first-order chi connectivity index (χ1) is 15.9. The van der Waals surface area contributed by atoms with Crippen LogP contribution >= 0.6 is 0 Å². The van der Waals surface area contributed by atoms with E-state index in [9.17, 15) is 4.79 Å². The highest BCUT2D eigenvalue weighted by Crippen LogP contribution is 2.33. The number of hydrogen-bond acceptors (Lipinski definition) is 6. The number of aryl methyl sites for hydroxylation is 1. The molecule has 174 valence electrons. The van der Waals surface area contributed by atoms with Crippen molar-refractivity contribution in [1.29, 1.82) is 0 Å². The minimum absolute atomic E-state index is 0.00547. The highest BCUT2D eigenvalue weighted by atomic mass is 16.5. The molecule has 3 aromatic rings. The van der Waals surface area contributed by atoms with Gasteiger partial charge in [0.1, 0.15) is 18.1 Å². The van der Waals surface area contributed by atoms with Crippen LogP contribution < -0.4 is 19.7 Å². The quantitative estimate of drug-likeness (QED) is 0.512. The first-order valence-electron chi connectivity index (χ1n) is 11.1. The van der Waals surface area contributed by atoms with E-state index < -0.39 is 0 Å². The van der Waals surface area contributed by atoms with Gasteiger partial charge in [0.05, 0.1) is 18.9 Å². The van der Waals surface area contributed by atoms with Gasteiger partial charge in [-0.15, -0.1) is 0 Å². The fourth-order valence-electron chi connectivity index (χ4n) is 3.72. The van der Waals surface area contributed by atoms with Gasteiger partial charge in [-0.2, -0.15) is 0 Å². The molecule has 2 aromatic carbocycles. The molecule has 1 fully saturated rings. The number of aliphatic hydroxyl groups excluding tert-OH is 1. The molecule has 0 unspecified atom stereocenters. The van der Waals surface area contributed by atoms with Crippen molar-refractivity contribution in [2.75, 3.05) is 31.2 Å². The van der Waals surface area contributed by atoms with Crippen molar-refractivity contribution in [2.24, 2.45) is 0 Å². The summed E-state index contributed by atoms with van der Waals surface area (Å²) in [5, 5.41) is 11.8. The number of amides is 2. The molecule has 2 amide bonds. The van der Waals surface area contributed by atoms with Gasteiger partial charge in [0.15, 0.2) is 11.7 Å². The standard InChI is InChI=1S/C25H29N3O5/c1-16(2)32-22-12-19(10-20(14-22)28-7-6-26-25(28)30)23-15-27-24(33-23)13-18-11-21(31-9-8-29)5-4-17(18)3/h4-5,10-12,14-16,29H,6-9,13H2,1-3H3,(H,26,30). The lowest BCUT2D eigenvalue weighted by Crippen LogP contribution is -2.27. The summed E-state index contributed by atoms with van der Waals surface area (Å²) in [7, 11) is 0. The number of nitrogens with zero attached hydrogens (tertiary/aromatic N) is 2. The first-order valence-corrected chi connectivity index (χ1v) is 11.1. The molecule has 33 heavy (non-hydrogen) atoms. The molecule has 1 saturated heterocycles. The summed E-state index contributed by atoms with van der Waals surface area (Å²) in [6.45, 7) is 7.36. The van der Waals surface area contributed by atoms with E-state index in [1.165, 1.54) is 0 Å². The third-order valence-corrected chi connectivity index (χ3v) is 5.29. The van der Waals surface area contributed by atoms with E-state index in [2.05, 4.69) is 10.3 Å². The molecule has 0 atom stereocenters. The summed E-state index contributed by atoms with van der Waals surface area (Å²) in [4.78, 5) is 18.4. The fourth-order valence-corrected chi connectivity index (χ4v) is 3.72. The number of aromatic nitrogens is 1. The number of carbonyl (C=O) groups is 1. The van der Waals surface area contributed by atoms with Gasteiger partial charge in [0.2, 0.25) is 0 Å². The van der Waals surface area contributed by atoms with Gasteiger partial charge in [-0.1, -0.05) is 6.07 Å². The highest BCUT2D eigenvalue weighted by molar-refractivity contribution is 5.95. The molecule has 2 heterocycles. The van der Waals surface area contributed by atoms with E-state index in [1.807, 2.05) is 57.2 Å². The number of hydrogen-bond donors (Lipinski definition) is 2. The van der Waals surface area contributed by atoms with Crippen LogP contribution in [0.15, 0.2) is 47.0 Å². The van der Waals surface area contributed by atoms with E-state index in [0.717, 1.165) is 22.4 Å². The van der Waals surface area contributed by atoms with E-state index >= 15 is 0 Å². The molecular weight excluding hydrogens is 422 g/mol. The predicted molar refractivity (Wildman–Crippen MR) is 125 cm³/mol. The normalized spacial score (nSPS) is 13.5. The molecule has 0 spiro atoms. The zero-order valence-electron chi connectivity index (χ0n) is 19.1. The molecule has 1 aliphatic heterocycles. The average molecular weight is 452 g/mol. The summed E-state index contributed by atoms with van der Waals surface area (Å²) in [5.74, 6) is 2.54. The Labute approximate surface area is 193 Å². The average Bonchev–Trinajstić information content (AvgIpc) is 3.42. The number of rotatable bonds is 9. The van der Waals surface area contributed by atoms with Crippen molar-refractivity contribution in [2.45, 2.75) is 33.3 Å². The van der Waals surface area contributed by atoms with Crippen LogP contribution in [0.2, 0.25) is 0 Å². The minimum atomic E-state index is -0.125. The number of anilines is 1. The van der Waals surface area contributed by atoms with Crippen molar-refractivity contribution >= 4 is 11.7 Å². The van der Waals surface area contributed by atoms with Gasteiger partial charge in [-0.25, -0.2) is 9.78 Å². The Hall–Kier alpha value is -3.52. The third-order valence-electron chi connectivity index (χ3n) is 5.29. The maximum absolute atomic E-state index is 12.2. The Bertz CT molecular complexity index is 1120. The Morgan fingerprint density at radius 3 is 2.79 bits per heavy atom. The molecule has 8 nitrogen and oxygen atoms in total. The summed E-state index contributed by atoms with van der Waals surface area (Å²) in [6.07, 6.45) is 2.19. The van der Waals surface area contributed by atoms with Gasteiger partial charge in [0, 0.05) is 36.8 Å². The van der Waals surface area contributed by atoms with Crippen LogP contribution in [0.5, 0.6) is 11.5 Å². The molecule has 0 saturated carbocycles. The molecule has 8 heteroatoms. The summed E-state index contributed by atoms with van der Waals surface area (Å²) < 4.78 is 17.5. The number of oxazole rings is 1. The van der Waals surface area contributed by atoms with Crippen molar-refractivity contribution in [3.8, 4) is 22.8 Å². The Morgan fingerprint density at radius 2 is 2.06 bits per heavy atom. The van der Waals surface area contributed by atoms with Crippen LogP contribution in [0, 0.1) is 6.92 Å². The maximum Gasteiger partial charge on any atom is 0.321 e. The first kappa shape index (κ1) is 22.7. The largest absolute Gasteiger partial charge is 0.491 e. The summed E-state index contributed by atoms with van der Waals surface area (Å²) in [5.41, 5.74) is 3.67. The fraction of sp³-hybridized carbons (Fsp3) is 0.360. The van der Waals surface area contributed by atoms with Gasteiger partial charge in [0.25, 0.3) is 0 Å². The molecular formula is C25H29N3O5. The number of benzene rings is 2. The Morgan fingerprint density at radius 1 is 1.21 bits per heavy atom. The summed E-state index contributed by atoms with van der Waals surface area (Å²) in [6, 6.07) is 11.4. The van der Waals surface area contributed by atoms with Gasteiger partial charge in [-0.3, -0.25) is 4.90 Å².